The Bertz CT molecular complexity index is 251. The second kappa shape index (κ2) is 5.15. The van der Waals surface area contributed by atoms with Crippen molar-refractivity contribution >= 4 is 16.6 Å². The second-order valence-electron chi connectivity index (χ2n) is 7.26. The Kier molecular flexibility index (Phi) is 4.67. The molecule has 0 spiro atoms. The molecule has 0 saturated carbocycles. The van der Waals surface area contributed by atoms with Gasteiger partial charge < -0.3 is 8.80 Å². The smallest absolute Gasteiger partial charge is 0.194 e. The predicted molar refractivity (Wildman–Crippen MR) is 83.2 cm³/mol. The van der Waals surface area contributed by atoms with Crippen LogP contribution in [0.5, 0.6) is 0 Å². The van der Waals surface area contributed by atoms with Crippen LogP contribution >= 0.6 is 0 Å². The minimum atomic E-state index is -1.44. The van der Waals surface area contributed by atoms with E-state index in [0.717, 1.165) is 12.1 Å². The van der Waals surface area contributed by atoms with Gasteiger partial charge in [-0.15, -0.1) is 0 Å². The quantitative estimate of drug-likeness (QED) is 0.723. The molecule has 1 saturated heterocycles. The number of hydrogen-bond donors (Lipinski definition) is 0. The zero-order chi connectivity index (χ0) is 13.4. The van der Waals surface area contributed by atoms with Crippen LogP contribution in [0.4, 0.5) is 0 Å². The van der Waals surface area contributed by atoms with Crippen LogP contribution in [-0.4, -0.2) is 44.6 Å². The second-order valence-corrected chi connectivity index (χ2v) is 16.9. The third-order valence-electron chi connectivity index (χ3n) is 4.65. The molecule has 0 radical (unpaired) electrons. The minimum Gasteiger partial charge on any atom is -0.336 e. The molecular weight excluding hydrogens is 240 g/mol. The van der Waals surface area contributed by atoms with E-state index in [1.807, 2.05) is 0 Å². The van der Waals surface area contributed by atoms with E-state index in [9.17, 15) is 0 Å². The molecule has 1 fully saturated rings. The standard InChI is InChI=1S/C13H32N2Si2/c1-12-10-9-11-13(2)15(12)17(7,8)14(3)16(4,5)6/h12-13H,9-11H2,1-8H3. The fourth-order valence-electron chi connectivity index (χ4n) is 3.49. The minimum absolute atomic E-state index is 0.777. The molecule has 0 aromatic carbocycles. The Morgan fingerprint density at radius 1 is 0.941 bits per heavy atom. The van der Waals surface area contributed by atoms with Crippen LogP contribution in [0.3, 0.4) is 0 Å². The van der Waals surface area contributed by atoms with Crippen LogP contribution < -0.4 is 0 Å². The highest BCUT2D eigenvalue weighted by Crippen LogP contribution is 2.31. The van der Waals surface area contributed by atoms with E-state index in [0.29, 0.717) is 0 Å². The van der Waals surface area contributed by atoms with Gasteiger partial charge in [0.2, 0.25) is 0 Å². The van der Waals surface area contributed by atoms with Crippen LogP contribution in [-0.2, 0) is 0 Å². The molecule has 0 aliphatic carbocycles. The van der Waals surface area contributed by atoms with E-state index >= 15 is 0 Å². The van der Waals surface area contributed by atoms with Crippen molar-refractivity contribution in [1.29, 1.82) is 0 Å². The molecule has 1 aliphatic rings. The lowest BCUT2D eigenvalue weighted by atomic mass is 10.0. The van der Waals surface area contributed by atoms with Crippen molar-refractivity contribution in [3.8, 4) is 0 Å². The lowest BCUT2D eigenvalue weighted by molar-refractivity contribution is 0.183. The van der Waals surface area contributed by atoms with Crippen LogP contribution in [0, 0.1) is 0 Å². The van der Waals surface area contributed by atoms with Crippen LogP contribution in [0.1, 0.15) is 33.1 Å². The van der Waals surface area contributed by atoms with Crippen molar-refractivity contribution in [3.05, 3.63) is 0 Å². The van der Waals surface area contributed by atoms with Gasteiger partial charge in [-0.2, -0.15) is 0 Å². The molecule has 17 heavy (non-hydrogen) atoms. The van der Waals surface area contributed by atoms with Crippen molar-refractivity contribution in [2.45, 2.75) is 77.9 Å². The SMILES string of the molecule is CC1CCCC(C)N1[Si](C)(C)N(C)[Si](C)(C)C. The Morgan fingerprint density at radius 2 is 1.35 bits per heavy atom. The summed E-state index contributed by atoms with van der Waals surface area (Å²) in [6.07, 6.45) is 4.20. The van der Waals surface area contributed by atoms with Gasteiger partial charge in [0, 0.05) is 12.1 Å². The highest BCUT2D eigenvalue weighted by Gasteiger charge is 2.44. The molecule has 4 heteroatoms. The number of rotatable bonds is 3. The van der Waals surface area contributed by atoms with Gasteiger partial charge in [0.25, 0.3) is 0 Å². The first-order valence-electron chi connectivity index (χ1n) is 7.11. The van der Waals surface area contributed by atoms with Gasteiger partial charge in [0.15, 0.2) is 8.40 Å². The Morgan fingerprint density at radius 3 is 1.71 bits per heavy atom. The topological polar surface area (TPSA) is 6.48 Å². The molecular formula is C13H32N2Si2. The highest BCUT2D eigenvalue weighted by atomic mass is 28.4. The zero-order valence-corrected chi connectivity index (χ0v) is 15.2. The van der Waals surface area contributed by atoms with Gasteiger partial charge in [-0.1, -0.05) is 39.9 Å². The fourth-order valence-corrected chi connectivity index (χ4v) is 13.2. The van der Waals surface area contributed by atoms with Crippen molar-refractivity contribution in [1.82, 2.24) is 8.80 Å². The normalized spacial score (nSPS) is 28.8. The van der Waals surface area contributed by atoms with Crippen molar-refractivity contribution in [3.63, 3.8) is 0 Å². The van der Waals surface area contributed by atoms with Gasteiger partial charge in [0.1, 0.15) is 8.24 Å². The van der Waals surface area contributed by atoms with Gasteiger partial charge in [0.05, 0.1) is 0 Å². The third-order valence-corrected chi connectivity index (χ3v) is 14.1. The largest absolute Gasteiger partial charge is 0.336 e. The summed E-state index contributed by atoms with van der Waals surface area (Å²) in [7, 11) is -0.243. The van der Waals surface area contributed by atoms with E-state index in [1.165, 1.54) is 19.3 Å². The molecule has 1 aliphatic heterocycles. The average Bonchev–Trinajstić information content (AvgIpc) is 2.14. The molecule has 1 heterocycles. The van der Waals surface area contributed by atoms with E-state index in [1.54, 1.807) is 0 Å². The summed E-state index contributed by atoms with van der Waals surface area (Å²) in [5.41, 5.74) is 0. The maximum absolute atomic E-state index is 2.88. The lowest BCUT2D eigenvalue weighted by Gasteiger charge is -2.54. The van der Waals surface area contributed by atoms with Crippen LogP contribution in [0.2, 0.25) is 32.7 Å². The summed E-state index contributed by atoms with van der Waals surface area (Å²) < 4.78 is 5.67. The summed E-state index contributed by atoms with van der Waals surface area (Å²) in [6, 6.07) is 1.55. The Balaban J connectivity index is 2.94. The van der Waals surface area contributed by atoms with E-state index < -0.39 is 16.6 Å². The van der Waals surface area contributed by atoms with Gasteiger partial charge in [-0.3, -0.25) is 0 Å². The molecule has 0 bridgehead atoms. The van der Waals surface area contributed by atoms with Crippen molar-refractivity contribution < 1.29 is 0 Å². The molecule has 2 nitrogen and oxygen atoms in total. The van der Waals surface area contributed by atoms with E-state index in [-0.39, 0.29) is 0 Å². The Labute approximate surface area is 111 Å². The summed E-state index contributed by atoms with van der Waals surface area (Å²) in [4.78, 5) is 0. The highest BCUT2D eigenvalue weighted by molar-refractivity contribution is 6.88. The van der Waals surface area contributed by atoms with E-state index in [4.69, 9.17) is 0 Å². The molecule has 0 amide bonds. The first kappa shape index (κ1) is 15.4. The number of piperidine rings is 1. The third kappa shape index (κ3) is 3.22. The average molecular weight is 273 g/mol. The molecule has 2 atom stereocenters. The fraction of sp³-hybridized carbons (Fsp3) is 1.00. The van der Waals surface area contributed by atoms with Gasteiger partial charge >= 0.3 is 0 Å². The summed E-state index contributed by atoms with van der Waals surface area (Å²) in [5, 5.41) is 0. The van der Waals surface area contributed by atoms with Crippen LogP contribution in [0.15, 0.2) is 0 Å². The van der Waals surface area contributed by atoms with Gasteiger partial charge in [-0.05, 0) is 33.0 Å². The van der Waals surface area contributed by atoms with Gasteiger partial charge in [-0.25, -0.2) is 0 Å². The number of hydrogen-bond acceptors (Lipinski definition) is 2. The first-order valence-corrected chi connectivity index (χ1v) is 13.4. The first-order chi connectivity index (χ1) is 7.58. The lowest BCUT2D eigenvalue weighted by Crippen LogP contribution is -2.71. The van der Waals surface area contributed by atoms with Crippen molar-refractivity contribution in [2.75, 3.05) is 7.05 Å². The summed E-state index contributed by atoms with van der Waals surface area (Å²) >= 11 is 0. The maximum atomic E-state index is 2.88. The molecule has 102 valence electrons. The Hall–Kier alpha value is 0.354. The van der Waals surface area contributed by atoms with Crippen molar-refractivity contribution in [2.24, 2.45) is 0 Å². The zero-order valence-electron chi connectivity index (χ0n) is 13.2. The molecule has 0 aromatic rings. The molecule has 2 unspecified atom stereocenters. The predicted octanol–water partition coefficient (Wildman–Crippen LogP) is 3.72. The monoisotopic (exact) mass is 272 g/mol. The molecule has 0 aromatic heterocycles. The number of nitrogens with zero attached hydrogens (tertiary/aromatic N) is 2. The van der Waals surface area contributed by atoms with Crippen LogP contribution in [0.25, 0.3) is 0 Å². The molecule has 0 N–H and O–H groups in total. The maximum Gasteiger partial charge on any atom is 0.194 e. The summed E-state index contributed by atoms with van der Waals surface area (Å²) in [6.45, 7) is 17.4. The molecule has 1 rings (SSSR count). The summed E-state index contributed by atoms with van der Waals surface area (Å²) in [5.74, 6) is 0. The van der Waals surface area contributed by atoms with E-state index in [2.05, 4.69) is 62.4 Å².